The van der Waals surface area contributed by atoms with Crippen molar-refractivity contribution in [3.63, 3.8) is 0 Å². The number of hydrogen-bond donors (Lipinski definition) is 2. The third-order valence-electron chi connectivity index (χ3n) is 4.43. The Labute approximate surface area is 147 Å². The standard InChI is InChI=1S/C18H36N4O2/c1-4-19-18(20-8-7-16-6-5-10-23-16)21-12-17-14-22(9-11-24-17)13-15(2)3/h15-17H,4-14H2,1-3H3,(H2,19,20,21). The molecule has 0 saturated carbocycles. The fourth-order valence-electron chi connectivity index (χ4n) is 3.33. The second kappa shape index (κ2) is 10.9. The minimum atomic E-state index is 0.200. The summed E-state index contributed by atoms with van der Waals surface area (Å²) in [5.74, 6) is 1.59. The molecule has 0 amide bonds. The lowest BCUT2D eigenvalue weighted by Gasteiger charge is -2.33. The first-order valence-corrected chi connectivity index (χ1v) is 9.65. The summed E-state index contributed by atoms with van der Waals surface area (Å²) < 4.78 is 11.5. The van der Waals surface area contributed by atoms with E-state index in [0.717, 1.165) is 58.3 Å². The molecule has 0 aromatic rings. The van der Waals surface area contributed by atoms with E-state index in [2.05, 4.69) is 36.3 Å². The van der Waals surface area contributed by atoms with Gasteiger partial charge >= 0.3 is 0 Å². The number of hydrogen-bond acceptors (Lipinski definition) is 4. The third kappa shape index (κ3) is 7.36. The molecule has 2 aliphatic heterocycles. The summed E-state index contributed by atoms with van der Waals surface area (Å²) in [6.07, 6.45) is 4.06. The van der Waals surface area contributed by atoms with Crippen molar-refractivity contribution < 1.29 is 9.47 Å². The molecule has 0 aromatic heterocycles. The Hall–Kier alpha value is -0.850. The summed E-state index contributed by atoms with van der Waals surface area (Å²) in [7, 11) is 0. The van der Waals surface area contributed by atoms with Crippen molar-refractivity contribution in [1.29, 1.82) is 0 Å². The van der Waals surface area contributed by atoms with Gasteiger partial charge in [0.2, 0.25) is 0 Å². The van der Waals surface area contributed by atoms with E-state index in [9.17, 15) is 0 Å². The quantitative estimate of drug-likeness (QED) is 0.518. The highest BCUT2D eigenvalue weighted by Gasteiger charge is 2.21. The van der Waals surface area contributed by atoms with Crippen LogP contribution < -0.4 is 10.6 Å². The summed E-state index contributed by atoms with van der Waals surface area (Å²) in [6.45, 7) is 14.0. The van der Waals surface area contributed by atoms with Crippen molar-refractivity contribution in [3.05, 3.63) is 0 Å². The lowest BCUT2D eigenvalue weighted by molar-refractivity contribution is -0.0261. The molecule has 2 N–H and O–H groups in total. The highest BCUT2D eigenvalue weighted by molar-refractivity contribution is 5.79. The number of rotatable bonds is 8. The maximum absolute atomic E-state index is 5.88. The van der Waals surface area contributed by atoms with Crippen molar-refractivity contribution in [2.45, 2.75) is 52.2 Å². The van der Waals surface area contributed by atoms with Crippen LogP contribution in [0.1, 0.15) is 40.0 Å². The zero-order valence-corrected chi connectivity index (χ0v) is 15.7. The Balaban J connectivity index is 1.72. The Bertz CT molecular complexity index is 370. The largest absolute Gasteiger partial charge is 0.378 e. The van der Waals surface area contributed by atoms with Crippen molar-refractivity contribution in [2.24, 2.45) is 10.9 Å². The van der Waals surface area contributed by atoms with E-state index in [-0.39, 0.29) is 6.10 Å². The van der Waals surface area contributed by atoms with Gasteiger partial charge in [0.25, 0.3) is 0 Å². The van der Waals surface area contributed by atoms with E-state index in [0.29, 0.717) is 18.6 Å². The molecule has 6 nitrogen and oxygen atoms in total. The molecule has 2 saturated heterocycles. The number of guanidine groups is 1. The molecule has 2 atom stereocenters. The monoisotopic (exact) mass is 340 g/mol. The normalized spacial score (nSPS) is 26.1. The van der Waals surface area contributed by atoms with Crippen LogP contribution in [0.3, 0.4) is 0 Å². The van der Waals surface area contributed by atoms with E-state index in [4.69, 9.17) is 14.5 Å². The SMILES string of the molecule is CCNC(=NCC1CN(CC(C)C)CCO1)NCCC1CCCO1. The molecule has 24 heavy (non-hydrogen) atoms. The molecule has 0 aromatic carbocycles. The van der Waals surface area contributed by atoms with Gasteiger partial charge in [-0.05, 0) is 32.1 Å². The van der Waals surface area contributed by atoms with E-state index in [1.165, 1.54) is 12.8 Å². The molecule has 0 spiro atoms. The number of ether oxygens (including phenoxy) is 2. The molecular weight excluding hydrogens is 304 g/mol. The van der Waals surface area contributed by atoms with Crippen LogP contribution in [0.4, 0.5) is 0 Å². The third-order valence-corrected chi connectivity index (χ3v) is 4.43. The fraction of sp³-hybridized carbons (Fsp3) is 0.944. The molecule has 140 valence electrons. The van der Waals surface area contributed by atoms with Crippen LogP contribution >= 0.6 is 0 Å². The lowest BCUT2D eigenvalue weighted by Crippen LogP contribution is -2.46. The highest BCUT2D eigenvalue weighted by atomic mass is 16.5. The minimum absolute atomic E-state index is 0.200. The summed E-state index contributed by atoms with van der Waals surface area (Å²) in [6, 6.07) is 0. The zero-order chi connectivity index (χ0) is 17.2. The van der Waals surface area contributed by atoms with Gasteiger partial charge in [-0.15, -0.1) is 0 Å². The summed E-state index contributed by atoms with van der Waals surface area (Å²) in [5.41, 5.74) is 0. The molecule has 2 fully saturated rings. The molecule has 2 heterocycles. The first-order valence-electron chi connectivity index (χ1n) is 9.65. The molecule has 2 rings (SSSR count). The minimum Gasteiger partial charge on any atom is -0.378 e. The highest BCUT2D eigenvalue weighted by Crippen LogP contribution is 2.14. The van der Waals surface area contributed by atoms with E-state index < -0.39 is 0 Å². The predicted octanol–water partition coefficient (Wildman–Crippen LogP) is 1.47. The fourth-order valence-corrected chi connectivity index (χ4v) is 3.33. The van der Waals surface area contributed by atoms with Gasteiger partial charge < -0.3 is 20.1 Å². The first kappa shape index (κ1) is 19.5. The van der Waals surface area contributed by atoms with Crippen molar-refractivity contribution in [2.75, 3.05) is 52.5 Å². The van der Waals surface area contributed by atoms with Gasteiger partial charge in [0.15, 0.2) is 5.96 Å². The number of nitrogens with one attached hydrogen (secondary N) is 2. The zero-order valence-electron chi connectivity index (χ0n) is 15.7. The second-order valence-electron chi connectivity index (χ2n) is 7.22. The second-order valence-corrected chi connectivity index (χ2v) is 7.22. The Kier molecular flexibility index (Phi) is 8.84. The van der Waals surface area contributed by atoms with Gasteiger partial charge in [-0.3, -0.25) is 9.89 Å². The average Bonchev–Trinajstić information content (AvgIpc) is 3.06. The number of morpholine rings is 1. The van der Waals surface area contributed by atoms with Gasteiger partial charge in [-0.2, -0.15) is 0 Å². The van der Waals surface area contributed by atoms with Gasteiger partial charge in [0, 0.05) is 39.3 Å². The summed E-state index contributed by atoms with van der Waals surface area (Å²) in [5, 5.41) is 6.74. The first-order chi connectivity index (χ1) is 11.7. The van der Waals surface area contributed by atoms with Gasteiger partial charge in [0.05, 0.1) is 25.4 Å². The van der Waals surface area contributed by atoms with E-state index >= 15 is 0 Å². The molecule has 0 radical (unpaired) electrons. The van der Waals surface area contributed by atoms with E-state index in [1.807, 2.05) is 0 Å². The Morgan fingerprint density at radius 1 is 1.21 bits per heavy atom. The Morgan fingerprint density at radius 3 is 2.75 bits per heavy atom. The maximum atomic E-state index is 5.88. The molecule has 2 unspecified atom stereocenters. The van der Waals surface area contributed by atoms with Crippen LogP contribution in [-0.4, -0.2) is 75.5 Å². The molecule has 2 aliphatic rings. The number of nitrogens with zero attached hydrogens (tertiary/aromatic N) is 2. The molecule has 6 heteroatoms. The van der Waals surface area contributed by atoms with Gasteiger partial charge in [-0.1, -0.05) is 13.8 Å². The predicted molar refractivity (Wildman–Crippen MR) is 98.6 cm³/mol. The smallest absolute Gasteiger partial charge is 0.191 e. The summed E-state index contributed by atoms with van der Waals surface area (Å²) in [4.78, 5) is 7.21. The maximum Gasteiger partial charge on any atom is 0.191 e. The molecular formula is C18H36N4O2. The van der Waals surface area contributed by atoms with Crippen molar-refractivity contribution >= 4 is 5.96 Å². The average molecular weight is 341 g/mol. The van der Waals surface area contributed by atoms with Crippen LogP contribution in [0.5, 0.6) is 0 Å². The number of aliphatic imine (C=N–C) groups is 1. The van der Waals surface area contributed by atoms with E-state index in [1.54, 1.807) is 0 Å². The van der Waals surface area contributed by atoms with Crippen LogP contribution in [-0.2, 0) is 9.47 Å². The Morgan fingerprint density at radius 2 is 2.04 bits per heavy atom. The van der Waals surface area contributed by atoms with Crippen LogP contribution in [0.25, 0.3) is 0 Å². The van der Waals surface area contributed by atoms with Crippen LogP contribution in [0.15, 0.2) is 4.99 Å². The van der Waals surface area contributed by atoms with Crippen molar-refractivity contribution in [3.8, 4) is 0 Å². The van der Waals surface area contributed by atoms with Crippen LogP contribution in [0.2, 0.25) is 0 Å². The van der Waals surface area contributed by atoms with Gasteiger partial charge in [-0.25, -0.2) is 0 Å². The lowest BCUT2D eigenvalue weighted by atomic mass is 10.2. The van der Waals surface area contributed by atoms with Gasteiger partial charge in [0.1, 0.15) is 0 Å². The van der Waals surface area contributed by atoms with Crippen LogP contribution in [0, 0.1) is 5.92 Å². The molecule has 0 aliphatic carbocycles. The van der Waals surface area contributed by atoms with Crippen molar-refractivity contribution in [1.82, 2.24) is 15.5 Å². The topological polar surface area (TPSA) is 58.1 Å². The summed E-state index contributed by atoms with van der Waals surface area (Å²) >= 11 is 0. The molecule has 0 bridgehead atoms.